The number of rotatable bonds is 6. The minimum Gasteiger partial charge on any atom is -0.484 e. The summed E-state index contributed by atoms with van der Waals surface area (Å²) in [6, 6.07) is 3.78. The van der Waals surface area contributed by atoms with Crippen molar-refractivity contribution in [2.75, 3.05) is 20.3 Å². The molecule has 4 nitrogen and oxygen atoms in total. The number of methoxy groups -OCH3 is 1. The van der Waals surface area contributed by atoms with E-state index < -0.39 is 6.10 Å². The number of Topliss-reactive ketones (excluding diaryl/α,β-unsaturated/α-hetero) is 1. The first-order chi connectivity index (χ1) is 9.52. The van der Waals surface area contributed by atoms with Gasteiger partial charge >= 0.3 is 0 Å². The Kier molecular flexibility index (Phi) is 6.04. The molecule has 1 saturated carbocycles. The Bertz CT molecular complexity index is 483. The van der Waals surface area contributed by atoms with E-state index in [9.17, 15) is 4.79 Å². The Labute approximate surface area is 142 Å². The van der Waals surface area contributed by atoms with Gasteiger partial charge in [0.15, 0.2) is 11.9 Å². The number of carbonyl (C=O) groups excluding carboxylic acids is 1. The van der Waals surface area contributed by atoms with Crippen molar-refractivity contribution < 1.29 is 19.0 Å². The van der Waals surface area contributed by atoms with Gasteiger partial charge in [-0.05, 0) is 44.0 Å². The average molecular weight is 473 g/mol. The Morgan fingerprint density at radius 2 is 1.85 bits per heavy atom. The second-order valence-corrected chi connectivity index (χ2v) is 6.93. The Hall–Kier alpha value is 0.0500. The van der Waals surface area contributed by atoms with Crippen LogP contribution in [0.5, 0.6) is 5.75 Å². The monoisotopic (exact) mass is 470 g/mol. The Balaban J connectivity index is 2.01. The normalized spacial score (nSPS) is 21.7. The molecule has 1 aromatic rings. The molecule has 1 aromatic carbocycles. The zero-order chi connectivity index (χ0) is 14.7. The lowest BCUT2D eigenvalue weighted by Crippen LogP contribution is -2.52. The van der Waals surface area contributed by atoms with E-state index in [4.69, 9.17) is 14.2 Å². The average Bonchev–Trinajstić information content (AvgIpc) is 2.37. The summed E-state index contributed by atoms with van der Waals surface area (Å²) in [5, 5.41) is 0. The lowest BCUT2D eigenvalue weighted by molar-refractivity contribution is -0.156. The van der Waals surface area contributed by atoms with Crippen molar-refractivity contribution in [3.8, 4) is 5.75 Å². The topological polar surface area (TPSA) is 44.8 Å². The van der Waals surface area contributed by atoms with E-state index in [1.54, 1.807) is 7.11 Å². The van der Waals surface area contributed by atoms with Gasteiger partial charge in [-0.25, -0.2) is 0 Å². The number of ether oxygens (including phenoxy) is 3. The molecule has 110 valence electrons. The van der Waals surface area contributed by atoms with Crippen LogP contribution in [0, 0.1) is 0 Å². The second-order valence-electron chi connectivity index (χ2n) is 4.31. The molecule has 0 radical (unpaired) electrons. The largest absolute Gasteiger partial charge is 0.484 e. The predicted octanol–water partition coefficient (Wildman–Crippen LogP) is 3.73. The maximum absolute atomic E-state index is 11.6. The molecule has 2 atom stereocenters. The third-order valence-corrected chi connectivity index (χ3v) is 4.51. The summed E-state index contributed by atoms with van der Waals surface area (Å²) >= 11 is 10.3. The summed E-state index contributed by atoms with van der Waals surface area (Å²) in [4.78, 5) is 11.6. The van der Waals surface area contributed by atoms with Crippen molar-refractivity contribution in [1.29, 1.82) is 0 Å². The number of carbonyl (C=O) groups is 1. The highest BCUT2D eigenvalue weighted by molar-refractivity contribution is 9.11. The van der Waals surface area contributed by atoms with Crippen LogP contribution in [0.25, 0.3) is 0 Å². The molecule has 0 N–H and O–H groups in total. The van der Waals surface area contributed by atoms with Crippen molar-refractivity contribution >= 4 is 53.6 Å². The highest BCUT2D eigenvalue weighted by atomic mass is 79.9. The number of benzene rings is 1. The zero-order valence-corrected chi connectivity index (χ0v) is 15.5. The second kappa shape index (κ2) is 7.35. The van der Waals surface area contributed by atoms with Crippen molar-refractivity contribution in [3.63, 3.8) is 0 Å². The number of hydrogen-bond acceptors (Lipinski definition) is 4. The fourth-order valence-corrected chi connectivity index (χ4v) is 4.27. The van der Waals surface area contributed by atoms with E-state index in [2.05, 4.69) is 47.8 Å². The summed E-state index contributed by atoms with van der Waals surface area (Å²) < 4.78 is 18.8. The van der Waals surface area contributed by atoms with E-state index in [1.807, 2.05) is 12.1 Å². The lowest BCUT2D eigenvalue weighted by atomic mass is 9.90. The van der Waals surface area contributed by atoms with Crippen LogP contribution in [0.1, 0.15) is 6.42 Å². The molecule has 0 spiro atoms. The standard InChI is InChI=1S/C13H13Br3O4/c1-18-2-3-19-13-10(17)6-11(13)20-12-8(15)4-7(14)5-9(12)16/h4-5,11,13H,2-3,6H2,1H3. The zero-order valence-electron chi connectivity index (χ0n) is 10.7. The van der Waals surface area contributed by atoms with Crippen molar-refractivity contribution in [2.45, 2.75) is 18.6 Å². The molecule has 0 aromatic heterocycles. The highest BCUT2D eigenvalue weighted by Gasteiger charge is 2.43. The van der Waals surface area contributed by atoms with Crippen molar-refractivity contribution in [1.82, 2.24) is 0 Å². The minimum atomic E-state index is -0.507. The molecule has 1 aliphatic rings. The fourth-order valence-electron chi connectivity index (χ4n) is 1.82. The van der Waals surface area contributed by atoms with Crippen LogP contribution in [-0.4, -0.2) is 38.3 Å². The molecule has 7 heteroatoms. The third-order valence-electron chi connectivity index (χ3n) is 2.87. The van der Waals surface area contributed by atoms with Gasteiger partial charge in [-0.3, -0.25) is 4.79 Å². The minimum absolute atomic E-state index is 0.0652. The van der Waals surface area contributed by atoms with E-state index >= 15 is 0 Å². The first-order valence-electron chi connectivity index (χ1n) is 5.97. The molecule has 0 bridgehead atoms. The summed E-state index contributed by atoms with van der Waals surface area (Å²) in [6.45, 7) is 0.845. The van der Waals surface area contributed by atoms with Crippen molar-refractivity contribution in [2.24, 2.45) is 0 Å². The van der Waals surface area contributed by atoms with Crippen LogP contribution in [0.15, 0.2) is 25.6 Å². The number of halogens is 3. The fraction of sp³-hybridized carbons (Fsp3) is 0.462. The first-order valence-corrected chi connectivity index (χ1v) is 8.35. The van der Waals surface area contributed by atoms with Gasteiger partial charge in [-0.15, -0.1) is 0 Å². The van der Waals surface area contributed by atoms with Gasteiger partial charge < -0.3 is 14.2 Å². The van der Waals surface area contributed by atoms with Gasteiger partial charge in [0.2, 0.25) is 0 Å². The van der Waals surface area contributed by atoms with Crippen LogP contribution in [0.3, 0.4) is 0 Å². The summed E-state index contributed by atoms with van der Waals surface area (Å²) in [5.74, 6) is 0.738. The summed E-state index contributed by atoms with van der Waals surface area (Å²) in [6.07, 6.45) is -0.396. The molecule has 0 saturated heterocycles. The predicted molar refractivity (Wildman–Crippen MR) is 85.2 cm³/mol. The molecule has 1 fully saturated rings. The SMILES string of the molecule is COCCOC1C(=O)CC1Oc1c(Br)cc(Br)cc1Br. The van der Waals surface area contributed by atoms with Gasteiger partial charge in [0.05, 0.1) is 22.2 Å². The van der Waals surface area contributed by atoms with Crippen LogP contribution >= 0.6 is 47.8 Å². The molecule has 2 rings (SSSR count). The van der Waals surface area contributed by atoms with E-state index in [0.717, 1.165) is 13.4 Å². The Morgan fingerprint density at radius 1 is 1.20 bits per heavy atom. The van der Waals surface area contributed by atoms with Crippen LogP contribution < -0.4 is 4.74 Å². The van der Waals surface area contributed by atoms with Crippen LogP contribution in [0.2, 0.25) is 0 Å². The lowest BCUT2D eigenvalue weighted by Gasteiger charge is -2.35. The Morgan fingerprint density at radius 3 is 2.40 bits per heavy atom. The number of hydrogen-bond donors (Lipinski definition) is 0. The van der Waals surface area contributed by atoms with E-state index in [-0.39, 0.29) is 11.9 Å². The smallest absolute Gasteiger partial charge is 0.169 e. The molecule has 0 amide bonds. The van der Waals surface area contributed by atoms with E-state index in [1.165, 1.54) is 0 Å². The molecule has 1 aliphatic carbocycles. The van der Waals surface area contributed by atoms with Gasteiger partial charge in [-0.1, -0.05) is 15.9 Å². The summed E-state index contributed by atoms with van der Waals surface area (Å²) in [5.41, 5.74) is 0. The molecular formula is C13H13Br3O4. The number of ketones is 1. The highest BCUT2D eigenvalue weighted by Crippen LogP contribution is 2.39. The van der Waals surface area contributed by atoms with Gasteiger partial charge in [0, 0.05) is 18.0 Å². The van der Waals surface area contributed by atoms with Crippen molar-refractivity contribution in [3.05, 3.63) is 25.6 Å². The maximum Gasteiger partial charge on any atom is 0.169 e. The third kappa shape index (κ3) is 3.82. The molecular weight excluding hydrogens is 460 g/mol. The quantitative estimate of drug-likeness (QED) is 0.592. The van der Waals surface area contributed by atoms with Crippen LogP contribution in [-0.2, 0) is 14.3 Å². The van der Waals surface area contributed by atoms with Gasteiger partial charge in [-0.2, -0.15) is 0 Å². The summed E-state index contributed by atoms with van der Waals surface area (Å²) in [7, 11) is 1.59. The van der Waals surface area contributed by atoms with Gasteiger partial charge in [0.25, 0.3) is 0 Å². The molecule has 20 heavy (non-hydrogen) atoms. The molecule has 0 heterocycles. The van der Waals surface area contributed by atoms with Crippen LogP contribution in [0.4, 0.5) is 0 Å². The van der Waals surface area contributed by atoms with Gasteiger partial charge in [0.1, 0.15) is 11.9 Å². The van der Waals surface area contributed by atoms with E-state index in [0.29, 0.717) is 25.4 Å². The molecule has 0 aliphatic heterocycles. The first kappa shape index (κ1) is 16.4. The molecule has 2 unspecified atom stereocenters. The maximum atomic E-state index is 11.6.